The topological polar surface area (TPSA) is 83.2 Å². The van der Waals surface area contributed by atoms with Crippen molar-refractivity contribution in [2.24, 2.45) is 0 Å². The van der Waals surface area contributed by atoms with Gasteiger partial charge in [-0.25, -0.2) is 9.78 Å². The van der Waals surface area contributed by atoms with E-state index in [4.69, 9.17) is 4.74 Å². The maximum atomic E-state index is 11.2. The summed E-state index contributed by atoms with van der Waals surface area (Å²) in [5, 5.41) is 19.4. The second kappa shape index (κ2) is 9.89. The van der Waals surface area contributed by atoms with Gasteiger partial charge in [0.2, 0.25) is 5.88 Å². The predicted molar refractivity (Wildman–Crippen MR) is 117 cm³/mol. The minimum atomic E-state index is -1.05. The zero-order chi connectivity index (χ0) is 21.5. The van der Waals surface area contributed by atoms with Gasteiger partial charge >= 0.3 is 5.97 Å². The molecule has 30 heavy (non-hydrogen) atoms. The smallest absolute Gasteiger partial charge is 0.344 e. The third-order valence-electron chi connectivity index (χ3n) is 5.12. The van der Waals surface area contributed by atoms with Crippen LogP contribution in [0.2, 0.25) is 0 Å². The van der Waals surface area contributed by atoms with Crippen LogP contribution in [0.1, 0.15) is 50.7 Å². The number of aryl methyl sites for hydroxylation is 1. The molecule has 0 aliphatic heterocycles. The Kier molecular flexibility index (Phi) is 7.03. The van der Waals surface area contributed by atoms with Crippen molar-refractivity contribution in [3.05, 3.63) is 59.7 Å². The SMILES string of the molecule is CCCCCCc1ccc2nc(OC(C)C(=O)O)cc(-c3cccc(C#N)c3)c2c1. The Balaban J connectivity index is 2.06. The van der Waals surface area contributed by atoms with E-state index in [1.165, 1.54) is 31.7 Å². The number of carbonyl (C=O) groups is 1. The van der Waals surface area contributed by atoms with Gasteiger partial charge in [-0.3, -0.25) is 0 Å². The highest BCUT2D eigenvalue weighted by Gasteiger charge is 2.16. The summed E-state index contributed by atoms with van der Waals surface area (Å²) in [5.41, 5.74) is 4.29. The van der Waals surface area contributed by atoms with Gasteiger partial charge in [0.05, 0.1) is 17.1 Å². The van der Waals surface area contributed by atoms with Gasteiger partial charge in [0.25, 0.3) is 0 Å². The van der Waals surface area contributed by atoms with E-state index in [9.17, 15) is 15.2 Å². The molecular weight excluding hydrogens is 376 g/mol. The third kappa shape index (κ3) is 5.15. The number of rotatable bonds is 9. The van der Waals surface area contributed by atoms with Crippen LogP contribution in [0.4, 0.5) is 0 Å². The normalized spacial score (nSPS) is 11.8. The molecule has 0 bridgehead atoms. The number of nitrogens with zero attached hydrogens (tertiary/aromatic N) is 2. The number of aromatic nitrogens is 1. The molecule has 5 nitrogen and oxygen atoms in total. The predicted octanol–water partition coefficient (Wildman–Crippen LogP) is 5.75. The number of unbranched alkanes of at least 4 members (excludes halogenated alkanes) is 3. The van der Waals surface area contributed by atoms with Crippen molar-refractivity contribution >= 4 is 16.9 Å². The maximum absolute atomic E-state index is 11.2. The Morgan fingerprint density at radius 1 is 1.17 bits per heavy atom. The average Bonchev–Trinajstić information content (AvgIpc) is 2.76. The van der Waals surface area contributed by atoms with E-state index >= 15 is 0 Å². The van der Waals surface area contributed by atoms with Crippen LogP contribution in [0.3, 0.4) is 0 Å². The molecule has 154 valence electrons. The molecule has 1 atom stereocenters. The molecule has 0 aliphatic rings. The van der Waals surface area contributed by atoms with Gasteiger partial charge < -0.3 is 9.84 Å². The number of carboxylic acids is 1. The number of hydrogen-bond donors (Lipinski definition) is 1. The van der Waals surface area contributed by atoms with Gasteiger partial charge in [0.15, 0.2) is 6.10 Å². The number of benzene rings is 2. The number of hydrogen-bond acceptors (Lipinski definition) is 4. The molecule has 0 spiro atoms. The molecule has 1 heterocycles. The van der Waals surface area contributed by atoms with E-state index in [0.717, 1.165) is 34.9 Å². The van der Waals surface area contributed by atoms with Crippen molar-refractivity contribution in [1.29, 1.82) is 5.26 Å². The number of aliphatic carboxylic acids is 1. The summed E-state index contributed by atoms with van der Waals surface area (Å²) in [5.74, 6) is -0.794. The van der Waals surface area contributed by atoms with Gasteiger partial charge in [-0.05, 0) is 60.7 Å². The highest BCUT2D eigenvalue weighted by atomic mass is 16.5. The highest BCUT2D eigenvalue weighted by molar-refractivity contribution is 5.95. The lowest BCUT2D eigenvalue weighted by atomic mass is 9.97. The molecule has 0 aliphatic carbocycles. The lowest BCUT2D eigenvalue weighted by Gasteiger charge is -2.14. The number of pyridine rings is 1. The lowest BCUT2D eigenvalue weighted by molar-refractivity contribution is -0.144. The van der Waals surface area contributed by atoms with E-state index in [1.54, 1.807) is 12.1 Å². The fraction of sp³-hybridized carbons (Fsp3) is 0.320. The van der Waals surface area contributed by atoms with Gasteiger partial charge in [0.1, 0.15) is 0 Å². The van der Waals surface area contributed by atoms with Crippen molar-refractivity contribution < 1.29 is 14.6 Å². The number of fused-ring (bicyclic) bond motifs is 1. The van der Waals surface area contributed by atoms with Crippen molar-refractivity contribution in [2.75, 3.05) is 0 Å². The number of ether oxygens (including phenoxy) is 1. The Morgan fingerprint density at radius 3 is 2.73 bits per heavy atom. The summed E-state index contributed by atoms with van der Waals surface area (Å²) in [6, 6.07) is 17.5. The van der Waals surface area contributed by atoms with E-state index in [0.29, 0.717) is 5.56 Å². The molecule has 1 unspecified atom stereocenters. The first-order valence-corrected chi connectivity index (χ1v) is 10.4. The third-order valence-corrected chi connectivity index (χ3v) is 5.12. The summed E-state index contributed by atoms with van der Waals surface area (Å²) in [6.45, 7) is 3.68. The Hall–Kier alpha value is -3.39. The minimum Gasteiger partial charge on any atom is -0.479 e. The summed E-state index contributed by atoms with van der Waals surface area (Å²) in [7, 11) is 0. The first-order valence-electron chi connectivity index (χ1n) is 10.4. The molecule has 0 radical (unpaired) electrons. The highest BCUT2D eigenvalue weighted by Crippen LogP contribution is 2.33. The molecule has 3 rings (SSSR count). The minimum absolute atomic E-state index is 0.255. The molecule has 1 N–H and O–H groups in total. The summed E-state index contributed by atoms with van der Waals surface area (Å²) in [4.78, 5) is 15.7. The Labute approximate surface area is 177 Å². The summed E-state index contributed by atoms with van der Waals surface area (Å²) in [6.07, 6.45) is 4.79. The second-order valence-electron chi connectivity index (χ2n) is 7.46. The monoisotopic (exact) mass is 402 g/mol. The molecule has 0 amide bonds. The first kappa shape index (κ1) is 21.3. The van der Waals surface area contributed by atoms with Crippen LogP contribution in [0.15, 0.2) is 48.5 Å². The van der Waals surface area contributed by atoms with Crippen molar-refractivity contribution in [1.82, 2.24) is 4.98 Å². The van der Waals surface area contributed by atoms with Crippen LogP contribution < -0.4 is 4.74 Å². The molecular formula is C25H26N2O3. The van der Waals surface area contributed by atoms with Crippen LogP contribution in [0.25, 0.3) is 22.0 Å². The van der Waals surface area contributed by atoms with Crippen LogP contribution in [-0.2, 0) is 11.2 Å². The zero-order valence-electron chi connectivity index (χ0n) is 17.4. The van der Waals surface area contributed by atoms with Crippen molar-refractivity contribution in [2.45, 2.75) is 52.1 Å². The molecule has 0 fully saturated rings. The fourth-order valence-electron chi connectivity index (χ4n) is 3.45. The average molecular weight is 402 g/mol. The standard InChI is InChI=1S/C25H26N2O3/c1-3-4-5-6-8-18-11-12-23-22(14-18)21(20-10-7-9-19(13-20)16-26)15-24(27-23)30-17(2)25(28)29/h7,9-15,17H,3-6,8H2,1-2H3,(H,28,29). The molecule has 2 aromatic carbocycles. The molecule has 1 aromatic heterocycles. The van der Waals surface area contributed by atoms with Crippen molar-refractivity contribution in [3.8, 4) is 23.1 Å². The van der Waals surface area contributed by atoms with Crippen LogP contribution in [-0.4, -0.2) is 22.2 Å². The number of carboxylic acid groups (broad SMARTS) is 1. The Bertz CT molecular complexity index is 1090. The van der Waals surface area contributed by atoms with E-state index in [2.05, 4.69) is 30.1 Å². The summed E-state index contributed by atoms with van der Waals surface area (Å²) >= 11 is 0. The second-order valence-corrected chi connectivity index (χ2v) is 7.46. The molecule has 0 saturated carbocycles. The van der Waals surface area contributed by atoms with Gasteiger partial charge in [-0.1, -0.05) is 44.4 Å². The quantitative estimate of drug-likeness (QED) is 0.461. The fourth-order valence-corrected chi connectivity index (χ4v) is 3.45. The zero-order valence-corrected chi connectivity index (χ0v) is 17.4. The van der Waals surface area contributed by atoms with E-state index in [1.807, 2.05) is 24.3 Å². The van der Waals surface area contributed by atoms with E-state index in [-0.39, 0.29) is 5.88 Å². The Morgan fingerprint density at radius 2 is 2.00 bits per heavy atom. The molecule has 0 saturated heterocycles. The maximum Gasteiger partial charge on any atom is 0.344 e. The molecule has 5 heteroatoms. The van der Waals surface area contributed by atoms with Gasteiger partial charge in [-0.2, -0.15) is 5.26 Å². The first-order chi connectivity index (χ1) is 14.5. The van der Waals surface area contributed by atoms with Crippen LogP contribution in [0.5, 0.6) is 5.88 Å². The van der Waals surface area contributed by atoms with Crippen molar-refractivity contribution in [3.63, 3.8) is 0 Å². The van der Waals surface area contributed by atoms with Gasteiger partial charge in [-0.15, -0.1) is 0 Å². The van der Waals surface area contributed by atoms with Crippen LogP contribution in [0, 0.1) is 11.3 Å². The lowest BCUT2D eigenvalue weighted by Crippen LogP contribution is -2.23. The molecule has 3 aromatic rings. The van der Waals surface area contributed by atoms with Gasteiger partial charge in [0, 0.05) is 11.5 Å². The van der Waals surface area contributed by atoms with Crippen LogP contribution >= 0.6 is 0 Å². The summed E-state index contributed by atoms with van der Waals surface area (Å²) < 4.78 is 5.55. The van der Waals surface area contributed by atoms with E-state index < -0.39 is 12.1 Å². The largest absolute Gasteiger partial charge is 0.479 e. The number of nitriles is 1.